The lowest BCUT2D eigenvalue weighted by Crippen LogP contribution is -2.16. The predicted octanol–water partition coefficient (Wildman–Crippen LogP) is 2.52. The molecule has 1 aromatic carbocycles. The van der Waals surface area contributed by atoms with Crippen LogP contribution in [0.2, 0.25) is 0 Å². The van der Waals surface area contributed by atoms with Crippen molar-refractivity contribution in [3.63, 3.8) is 0 Å². The van der Waals surface area contributed by atoms with Crippen molar-refractivity contribution < 1.29 is 9.47 Å². The second kappa shape index (κ2) is 7.19. The lowest BCUT2D eigenvalue weighted by molar-refractivity contribution is 0.0679. The van der Waals surface area contributed by atoms with Crippen molar-refractivity contribution in [2.75, 3.05) is 19.8 Å². The maximum Gasteiger partial charge on any atom is 0.119 e. The highest BCUT2D eigenvalue weighted by Crippen LogP contribution is 2.17. The minimum Gasteiger partial charge on any atom is -0.491 e. The van der Waals surface area contributed by atoms with E-state index in [1.165, 1.54) is 5.56 Å². The van der Waals surface area contributed by atoms with E-state index in [1.54, 1.807) is 0 Å². The Bertz CT molecular complexity index is 373. The minimum atomic E-state index is 0.271. The zero-order valence-electron chi connectivity index (χ0n) is 10.7. The van der Waals surface area contributed by atoms with Crippen molar-refractivity contribution in [3.05, 3.63) is 42.5 Å². The normalized spacial score (nSPS) is 18.8. The van der Waals surface area contributed by atoms with Crippen molar-refractivity contribution in [1.29, 1.82) is 0 Å². The summed E-state index contributed by atoms with van der Waals surface area (Å²) in [6.45, 7) is 6.87. The standard InChI is InChI=1S/C15H21NO2/c1-2-8-16-11-13-5-3-6-14(10-13)18-12-15-7-4-9-17-15/h2-3,5-6,10,15-16H,1,4,7-9,11-12H2. The molecule has 1 saturated heterocycles. The molecule has 3 heteroatoms. The van der Waals surface area contributed by atoms with Crippen molar-refractivity contribution in [2.24, 2.45) is 0 Å². The van der Waals surface area contributed by atoms with Gasteiger partial charge in [-0.2, -0.15) is 0 Å². The molecule has 1 N–H and O–H groups in total. The molecule has 3 nitrogen and oxygen atoms in total. The SMILES string of the molecule is C=CCNCc1cccc(OCC2CCCO2)c1. The van der Waals surface area contributed by atoms with Crippen LogP contribution in [-0.4, -0.2) is 25.9 Å². The first kappa shape index (κ1) is 13.1. The first-order chi connectivity index (χ1) is 8.88. The Balaban J connectivity index is 1.80. The molecular weight excluding hydrogens is 226 g/mol. The number of hydrogen-bond donors (Lipinski definition) is 1. The Morgan fingerprint density at radius 3 is 3.22 bits per heavy atom. The van der Waals surface area contributed by atoms with Gasteiger partial charge in [0, 0.05) is 19.7 Å². The second-order valence-electron chi connectivity index (χ2n) is 4.51. The fourth-order valence-corrected chi connectivity index (χ4v) is 2.03. The summed E-state index contributed by atoms with van der Waals surface area (Å²) in [4.78, 5) is 0. The molecule has 0 amide bonds. The minimum absolute atomic E-state index is 0.271. The van der Waals surface area contributed by atoms with Crippen LogP contribution in [-0.2, 0) is 11.3 Å². The smallest absolute Gasteiger partial charge is 0.119 e. The van der Waals surface area contributed by atoms with Gasteiger partial charge in [0.1, 0.15) is 12.4 Å². The maximum absolute atomic E-state index is 5.76. The van der Waals surface area contributed by atoms with Gasteiger partial charge in [-0.15, -0.1) is 6.58 Å². The summed E-state index contributed by atoms with van der Waals surface area (Å²) in [5, 5.41) is 3.28. The van der Waals surface area contributed by atoms with Crippen LogP contribution >= 0.6 is 0 Å². The summed E-state index contributed by atoms with van der Waals surface area (Å²) >= 11 is 0. The van der Waals surface area contributed by atoms with Crippen molar-refractivity contribution in [1.82, 2.24) is 5.32 Å². The van der Waals surface area contributed by atoms with E-state index in [-0.39, 0.29) is 6.10 Å². The molecule has 1 heterocycles. The molecular formula is C15H21NO2. The molecule has 0 aromatic heterocycles. The lowest BCUT2D eigenvalue weighted by Gasteiger charge is -2.12. The topological polar surface area (TPSA) is 30.5 Å². The van der Waals surface area contributed by atoms with E-state index in [2.05, 4.69) is 24.0 Å². The fourth-order valence-electron chi connectivity index (χ4n) is 2.03. The molecule has 0 spiro atoms. The summed E-state index contributed by atoms with van der Waals surface area (Å²) in [7, 11) is 0. The van der Waals surface area contributed by atoms with Crippen LogP contribution in [0.3, 0.4) is 0 Å². The highest BCUT2D eigenvalue weighted by molar-refractivity contribution is 5.28. The summed E-state index contributed by atoms with van der Waals surface area (Å²) < 4.78 is 11.3. The Morgan fingerprint density at radius 2 is 2.44 bits per heavy atom. The number of nitrogens with one attached hydrogen (secondary N) is 1. The molecule has 1 aliphatic heterocycles. The Morgan fingerprint density at radius 1 is 1.50 bits per heavy atom. The van der Waals surface area contributed by atoms with Crippen LogP contribution in [0.4, 0.5) is 0 Å². The summed E-state index contributed by atoms with van der Waals surface area (Å²) in [6.07, 6.45) is 4.39. The largest absolute Gasteiger partial charge is 0.491 e. The maximum atomic E-state index is 5.76. The van der Waals surface area contributed by atoms with Crippen LogP contribution in [0, 0.1) is 0 Å². The van der Waals surface area contributed by atoms with E-state index in [0.29, 0.717) is 6.61 Å². The molecule has 1 unspecified atom stereocenters. The summed E-state index contributed by atoms with van der Waals surface area (Å²) in [6, 6.07) is 8.18. The molecule has 0 radical (unpaired) electrons. The van der Waals surface area contributed by atoms with Crippen LogP contribution < -0.4 is 10.1 Å². The van der Waals surface area contributed by atoms with Crippen LogP contribution in [0.15, 0.2) is 36.9 Å². The Hall–Kier alpha value is -1.32. The van der Waals surface area contributed by atoms with Crippen molar-refractivity contribution in [3.8, 4) is 5.75 Å². The predicted molar refractivity (Wildman–Crippen MR) is 72.8 cm³/mol. The van der Waals surface area contributed by atoms with E-state index >= 15 is 0 Å². The third-order valence-corrected chi connectivity index (χ3v) is 2.98. The fraction of sp³-hybridized carbons (Fsp3) is 0.467. The van der Waals surface area contributed by atoms with Crippen LogP contribution in [0.25, 0.3) is 0 Å². The van der Waals surface area contributed by atoms with Crippen molar-refractivity contribution in [2.45, 2.75) is 25.5 Å². The highest BCUT2D eigenvalue weighted by Gasteiger charge is 2.15. The van der Waals surface area contributed by atoms with E-state index < -0.39 is 0 Å². The Labute approximate surface area is 109 Å². The van der Waals surface area contributed by atoms with Gasteiger partial charge in [-0.1, -0.05) is 18.2 Å². The van der Waals surface area contributed by atoms with E-state index in [9.17, 15) is 0 Å². The Kier molecular flexibility index (Phi) is 5.24. The highest BCUT2D eigenvalue weighted by atomic mass is 16.5. The second-order valence-corrected chi connectivity index (χ2v) is 4.51. The van der Waals surface area contributed by atoms with Gasteiger partial charge in [0.15, 0.2) is 0 Å². The van der Waals surface area contributed by atoms with Crippen LogP contribution in [0.5, 0.6) is 5.75 Å². The number of ether oxygens (including phenoxy) is 2. The van der Waals surface area contributed by atoms with Gasteiger partial charge in [0.2, 0.25) is 0 Å². The summed E-state index contributed by atoms with van der Waals surface area (Å²) in [5.74, 6) is 0.920. The first-order valence-electron chi connectivity index (χ1n) is 6.53. The van der Waals surface area contributed by atoms with E-state index in [4.69, 9.17) is 9.47 Å². The van der Waals surface area contributed by atoms with E-state index in [0.717, 1.165) is 38.3 Å². The third kappa shape index (κ3) is 4.17. The van der Waals surface area contributed by atoms with Gasteiger partial charge in [0.05, 0.1) is 6.10 Å². The van der Waals surface area contributed by atoms with Crippen molar-refractivity contribution >= 4 is 0 Å². The third-order valence-electron chi connectivity index (χ3n) is 2.98. The molecule has 2 rings (SSSR count). The van der Waals surface area contributed by atoms with Crippen LogP contribution in [0.1, 0.15) is 18.4 Å². The molecule has 0 aliphatic carbocycles. The van der Waals surface area contributed by atoms with Gasteiger partial charge in [-0.05, 0) is 30.5 Å². The molecule has 1 aliphatic rings. The lowest BCUT2D eigenvalue weighted by atomic mass is 10.2. The average molecular weight is 247 g/mol. The number of benzene rings is 1. The summed E-state index contributed by atoms with van der Waals surface area (Å²) in [5.41, 5.74) is 1.22. The first-order valence-corrected chi connectivity index (χ1v) is 6.53. The average Bonchev–Trinajstić information content (AvgIpc) is 2.90. The molecule has 0 saturated carbocycles. The number of rotatable bonds is 7. The molecule has 1 aromatic rings. The van der Waals surface area contributed by atoms with Gasteiger partial charge < -0.3 is 14.8 Å². The molecule has 1 fully saturated rings. The van der Waals surface area contributed by atoms with Gasteiger partial charge in [-0.25, -0.2) is 0 Å². The van der Waals surface area contributed by atoms with E-state index in [1.807, 2.05) is 18.2 Å². The molecule has 0 bridgehead atoms. The monoisotopic (exact) mass is 247 g/mol. The van der Waals surface area contributed by atoms with Gasteiger partial charge in [0.25, 0.3) is 0 Å². The van der Waals surface area contributed by atoms with Gasteiger partial charge >= 0.3 is 0 Å². The zero-order valence-corrected chi connectivity index (χ0v) is 10.7. The molecule has 18 heavy (non-hydrogen) atoms. The zero-order chi connectivity index (χ0) is 12.6. The molecule has 1 atom stereocenters. The molecule has 98 valence electrons. The number of hydrogen-bond acceptors (Lipinski definition) is 3. The van der Waals surface area contributed by atoms with Gasteiger partial charge in [-0.3, -0.25) is 0 Å². The quantitative estimate of drug-likeness (QED) is 0.593.